The molecule has 0 unspecified atom stereocenters. The van der Waals surface area contributed by atoms with Crippen LogP contribution in [-0.4, -0.2) is 22.7 Å². The SMILES string of the molecule is O=C1c2ccccc2CC[C@]12[C@@H](O)CS[C@H]2c1cccc(Cl)c1. The maximum absolute atomic E-state index is 13.3. The van der Waals surface area contributed by atoms with Crippen LogP contribution in [-0.2, 0) is 6.42 Å². The van der Waals surface area contributed by atoms with Gasteiger partial charge in [0.1, 0.15) is 0 Å². The van der Waals surface area contributed by atoms with Crippen LogP contribution in [0.15, 0.2) is 48.5 Å². The second kappa shape index (κ2) is 5.66. The fraction of sp³-hybridized carbons (Fsp3) is 0.316. The van der Waals surface area contributed by atoms with Gasteiger partial charge < -0.3 is 5.11 Å². The zero-order chi connectivity index (χ0) is 16.0. The van der Waals surface area contributed by atoms with Gasteiger partial charge in [0.2, 0.25) is 0 Å². The van der Waals surface area contributed by atoms with Crippen molar-refractivity contribution in [3.05, 3.63) is 70.2 Å². The Hall–Kier alpha value is -1.29. The van der Waals surface area contributed by atoms with Crippen LogP contribution in [0.5, 0.6) is 0 Å². The van der Waals surface area contributed by atoms with Crippen molar-refractivity contribution in [3.63, 3.8) is 0 Å². The van der Waals surface area contributed by atoms with Gasteiger partial charge in [0, 0.05) is 21.6 Å². The van der Waals surface area contributed by atoms with E-state index in [2.05, 4.69) is 0 Å². The first kappa shape index (κ1) is 15.3. The number of hydrogen-bond donors (Lipinski definition) is 1. The number of benzene rings is 2. The number of hydrogen-bond acceptors (Lipinski definition) is 3. The highest BCUT2D eigenvalue weighted by Crippen LogP contribution is 2.58. The average molecular weight is 345 g/mol. The van der Waals surface area contributed by atoms with Gasteiger partial charge >= 0.3 is 0 Å². The topological polar surface area (TPSA) is 37.3 Å². The van der Waals surface area contributed by atoms with Crippen molar-refractivity contribution in [1.82, 2.24) is 0 Å². The molecule has 2 nitrogen and oxygen atoms in total. The lowest BCUT2D eigenvalue weighted by atomic mass is 9.64. The number of ketones is 1. The molecule has 0 amide bonds. The van der Waals surface area contributed by atoms with E-state index in [1.807, 2.05) is 48.5 Å². The van der Waals surface area contributed by atoms with E-state index in [-0.39, 0.29) is 11.0 Å². The quantitative estimate of drug-likeness (QED) is 0.837. The van der Waals surface area contributed by atoms with Gasteiger partial charge in [0.15, 0.2) is 5.78 Å². The summed E-state index contributed by atoms with van der Waals surface area (Å²) in [5, 5.41) is 11.4. The molecule has 4 heteroatoms. The van der Waals surface area contributed by atoms with E-state index in [1.54, 1.807) is 11.8 Å². The molecule has 118 valence electrons. The van der Waals surface area contributed by atoms with Gasteiger partial charge in [-0.25, -0.2) is 0 Å². The first-order valence-electron chi connectivity index (χ1n) is 7.81. The molecule has 1 aliphatic carbocycles. The van der Waals surface area contributed by atoms with Gasteiger partial charge in [-0.3, -0.25) is 4.79 Å². The van der Waals surface area contributed by atoms with E-state index in [0.29, 0.717) is 17.2 Å². The summed E-state index contributed by atoms with van der Waals surface area (Å²) < 4.78 is 0. The minimum atomic E-state index is -0.732. The molecular formula is C19H17ClO2S. The minimum Gasteiger partial charge on any atom is -0.391 e. The van der Waals surface area contributed by atoms with Gasteiger partial charge in [-0.2, -0.15) is 0 Å². The van der Waals surface area contributed by atoms with Crippen LogP contribution >= 0.6 is 23.4 Å². The van der Waals surface area contributed by atoms with Crippen molar-refractivity contribution in [1.29, 1.82) is 0 Å². The van der Waals surface area contributed by atoms with E-state index in [1.165, 1.54) is 0 Å². The summed E-state index contributed by atoms with van der Waals surface area (Å²) in [7, 11) is 0. The van der Waals surface area contributed by atoms with Crippen LogP contribution in [0.3, 0.4) is 0 Å². The Morgan fingerprint density at radius 1 is 1.17 bits per heavy atom. The predicted molar refractivity (Wildman–Crippen MR) is 94.2 cm³/mol. The predicted octanol–water partition coefficient (Wildman–Crippen LogP) is 4.30. The number of fused-ring (bicyclic) bond motifs is 1. The zero-order valence-corrected chi connectivity index (χ0v) is 14.1. The normalized spacial score (nSPS) is 29.7. The van der Waals surface area contributed by atoms with Crippen molar-refractivity contribution in [2.75, 3.05) is 5.75 Å². The first-order valence-corrected chi connectivity index (χ1v) is 9.23. The van der Waals surface area contributed by atoms with E-state index in [0.717, 1.165) is 23.1 Å². The first-order chi connectivity index (χ1) is 11.1. The molecule has 3 atom stereocenters. The Balaban J connectivity index is 1.83. The summed E-state index contributed by atoms with van der Waals surface area (Å²) in [6.45, 7) is 0. The Morgan fingerprint density at radius 3 is 2.83 bits per heavy atom. The molecule has 0 bridgehead atoms. The van der Waals surface area contributed by atoms with Gasteiger partial charge in [-0.1, -0.05) is 48.0 Å². The van der Waals surface area contributed by atoms with Crippen LogP contribution in [0.4, 0.5) is 0 Å². The number of halogens is 1. The molecular weight excluding hydrogens is 328 g/mol. The molecule has 0 saturated carbocycles. The third-order valence-electron chi connectivity index (χ3n) is 5.13. The highest BCUT2D eigenvalue weighted by atomic mass is 35.5. The molecule has 1 N–H and O–H groups in total. The number of thioether (sulfide) groups is 1. The summed E-state index contributed by atoms with van der Waals surface area (Å²) in [5.74, 6) is 0.673. The number of carbonyl (C=O) groups is 1. The zero-order valence-electron chi connectivity index (χ0n) is 12.5. The van der Waals surface area contributed by atoms with Gasteiger partial charge in [0.25, 0.3) is 0 Å². The molecule has 23 heavy (non-hydrogen) atoms. The molecule has 1 heterocycles. The van der Waals surface area contributed by atoms with Crippen LogP contribution < -0.4 is 0 Å². The highest BCUT2D eigenvalue weighted by molar-refractivity contribution is 7.99. The summed E-state index contributed by atoms with van der Waals surface area (Å²) in [4.78, 5) is 13.3. The van der Waals surface area contributed by atoms with Crippen LogP contribution in [0, 0.1) is 5.41 Å². The molecule has 1 saturated heterocycles. The van der Waals surface area contributed by atoms with E-state index in [9.17, 15) is 9.90 Å². The fourth-order valence-electron chi connectivity index (χ4n) is 3.96. The second-order valence-electron chi connectivity index (χ2n) is 6.31. The summed E-state index contributed by atoms with van der Waals surface area (Å²) in [6, 6.07) is 15.5. The number of aliphatic hydroxyl groups is 1. The summed E-state index contributed by atoms with van der Waals surface area (Å²) >= 11 is 7.81. The van der Waals surface area contributed by atoms with Gasteiger partial charge in [-0.05, 0) is 36.1 Å². The van der Waals surface area contributed by atoms with Crippen molar-refractivity contribution >= 4 is 29.1 Å². The smallest absolute Gasteiger partial charge is 0.173 e. The fourth-order valence-corrected chi connectivity index (χ4v) is 5.85. The minimum absolute atomic E-state index is 0.0444. The lowest BCUT2D eigenvalue weighted by Gasteiger charge is -2.40. The summed E-state index contributed by atoms with van der Waals surface area (Å²) in [6.07, 6.45) is 0.905. The third kappa shape index (κ3) is 2.25. The second-order valence-corrected chi connectivity index (χ2v) is 7.89. The maximum atomic E-state index is 13.3. The largest absolute Gasteiger partial charge is 0.391 e. The molecule has 2 aromatic rings. The number of carbonyl (C=O) groups excluding carboxylic acids is 1. The van der Waals surface area contributed by atoms with Crippen LogP contribution in [0.25, 0.3) is 0 Å². The van der Waals surface area contributed by atoms with Crippen LogP contribution in [0.2, 0.25) is 5.02 Å². The van der Waals surface area contributed by atoms with Crippen molar-refractivity contribution in [2.24, 2.45) is 5.41 Å². The molecule has 1 spiro atoms. The van der Waals surface area contributed by atoms with Crippen molar-refractivity contribution < 1.29 is 9.90 Å². The molecule has 0 radical (unpaired) electrons. The van der Waals surface area contributed by atoms with Gasteiger partial charge in [0.05, 0.1) is 11.5 Å². The molecule has 2 aliphatic rings. The number of aliphatic hydroxyl groups excluding tert-OH is 1. The third-order valence-corrected chi connectivity index (χ3v) is 6.90. The standard InChI is InChI=1S/C19H17ClO2S/c20-14-6-3-5-13(10-14)18-19(16(21)11-23-18)9-8-12-4-1-2-7-15(12)17(19)22/h1-7,10,16,18,21H,8-9,11H2/t16-,18-,19-/m0/s1. The lowest BCUT2D eigenvalue weighted by molar-refractivity contribution is 0.0325. The average Bonchev–Trinajstić information content (AvgIpc) is 2.89. The lowest BCUT2D eigenvalue weighted by Crippen LogP contribution is -2.46. The Kier molecular flexibility index (Phi) is 3.75. The summed E-state index contributed by atoms with van der Waals surface area (Å²) in [5.41, 5.74) is 2.17. The molecule has 4 rings (SSSR count). The monoisotopic (exact) mass is 344 g/mol. The molecule has 1 fully saturated rings. The molecule has 0 aromatic heterocycles. The number of Topliss-reactive ketones (excluding diaryl/α,β-unsaturated/α-hetero) is 1. The Bertz CT molecular complexity index is 775. The molecule has 2 aromatic carbocycles. The maximum Gasteiger partial charge on any atom is 0.173 e. The Labute approximate surface area is 144 Å². The number of rotatable bonds is 1. The number of aryl methyl sites for hydroxylation is 1. The van der Waals surface area contributed by atoms with E-state index in [4.69, 9.17) is 11.6 Å². The van der Waals surface area contributed by atoms with E-state index >= 15 is 0 Å². The van der Waals surface area contributed by atoms with Crippen molar-refractivity contribution in [3.8, 4) is 0 Å². The Morgan fingerprint density at radius 2 is 2.00 bits per heavy atom. The van der Waals surface area contributed by atoms with E-state index < -0.39 is 11.5 Å². The van der Waals surface area contributed by atoms with Crippen molar-refractivity contribution in [2.45, 2.75) is 24.2 Å². The molecule has 1 aliphatic heterocycles. The van der Waals surface area contributed by atoms with Gasteiger partial charge in [-0.15, -0.1) is 11.8 Å². The highest BCUT2D eigenvalue weighted by Gasteiger charge is 2.57. The van der Waals surface area contributed by atoms with Crippen LogP contribution in [0.1, 0.15) is 33.2 Å².